The molecule has 0 N–H and O–H groups in total. The van der Waals surface area contributed by atoms with Gasteiger partial charge in [-0.05, 0) is 0 Å². The van der Waals surface area contributed by atoms with Crippen LogP contribution in [-0.2, 0) is 0 Å². The average Bonchev–Trinajstić information content (AvgIpc) is 3.00. The van der Waals surface area contributed by atoms with Crippen LogP contribution in [0.5, 0.6) is 0 Å². The van der Waals surface area contributed by atoms with Gasteiger partial charge in [-0.25, -0.2) is 0 Å². The molecule has 32 heavy (non-hydrogen) atoms. The summed E-state index contributed by atoms with van der Waals surface area (Å²) in [6.45, 7) is 33.9. The Morgan fingerprint density at radius 2 is 1.34 bits per heavy atom. The molecule has 0 aliphatic carbocycles. The number of hydrogen-bond acceptors (Lipinski definition) is 0. The molecule has 0 aromatic heterocycles. The van der Waals surface area contributed by atoms with Crippen molar-refractivity contribution in [2.75, 3.05) is 0 Å². The van der Waals surface area contributed by atoms with Gasteiger partial charge in [0.2, 0.25) is 0 Å². The normalized spacial score (nSPS) is 20.6. The van der Waals surface area contributed by atoms with Crippen LogP contribution in [0.15, 0.2) is 27.9 Å². The fraction of sp³-hybridized carbons (Fsp3) is 0.692. The summed E-state index contributed by atoms with van der Waals surface area (Å²) in [4.78, 5) is 7.62. The zero-order valence-electron chi connectivity index (χ0n) is 24.2. The monoisotopic (exact) mass is 606 g/mol. The molecule has 6 heteroatoms. The fourth-order valence-corrected chi connectivity index (χ4v) is 63.9. The molecule has 0 nitrogen and oxygen atoms in total. The van der Waals surface area contributed by atoms with Gasteiger partial charge >= 0.3 is 212 Å². The van der Waals surface area contributed by atoms with E-state index in [4.69, 9.17) is 0 Å². The van der Waals surface area contributed by atoms with Crippen LogP contribution >= 0.6 is 0 Å². The maximum absolute atomic E-state index is 4.02. The second kappa shape index (κ2) is 9.19. The van der Waals surface area contributed by atoms with Gasteiger partial charge in [0.05, 0.1) is 0 Å². The zero-order chi connectivity index (χ0) is 25.1. The van der Waals surface area contributed by atoms with Crippen molar-refractivity contribution in [3.05, 3.63) is 27.9 Å². The third-order valence-electron chi connectivity index (χ3n) is 7.76. The van der Waals surface area contributed by atoms with E-state index in [0.717, 1.165) is 6.71 Å². The molecule has 0 amide bonds. The molecule has 0 saturated carbocycles. The first-order chi connectivity index (χ1) is 14.3. The number of rotatable bonds is 6. The second-order valence-corrected chi connectivity index (χ2v) is 47.4. The van der Waals surface area contributed by atoms with E-state index in [1.54, 1.807) is 0 Å². The van der Waals surface area contributed by atoms with Crippen molar-refractivity contribution in [3.63, 3.8) is 0 Å². The van der Waals surface area contributed by atoms with E-state index in [9.17, 15) is 0 Å². The van der Waals surface area contributed by atoms with Crippen LogP contribution < -0.4 is 0 Å². The van der Waals surface area contributed by atoms with Gasteiger partial charge in [0.25, 0.3) is 0 Å². The third-order valence-corrected chi connectivity index (χ3v) is 47.9. The molecule has 2 aliphatic heterocycles. The van der Waals surface area contributed by atoms with Crippen LogP contribution in [0, 0.1) is 11.1 Å². The Morgan fingerprint density at radius 3 is 1.72 bits per heavy atom. The van der Waals surface area contributed by atoms with E-state index in [1.807, 2.05) is 24.7 Å². The van der Waals surface area contributed by atoms with Crippen LogP contribution in [0.3, 0.4) is 0 Å². The second-order valence-electron chi connectivity index (χ2n) is 13.9. The van der Waals surface area contributed by atoms with Crippen molar-refractivity contribution in [3.8, 4) is 11.1 Å². The first-order valence-electron chi connectivity index (χ1n) is 13.1. The molecule has 178 valence electrons. The molecule has 0 bridgehead atoms. The molecule has 0 radical (unpaired) electrons. The van der Waals surface area contributed by atoms with Crippen LogP contribution in [0.4, 0.5) is 0 Å². The summed E-state index contributed by atoms with van der Waals surface area (Å²) in [5.74, 6) is 0. The maximum atomic E-state index is 4.02. The molecule has 0 atom stereocenters. The summed E-state index contributed by atoms with van der Waals surface area (Å²) in [7, 11) is -6.14. The molecule has 2 rings (SSSR count). The van der Waals surface area contributed by atoms with Crippen LogP contribution in [0.25, 0.3) is 0 Å². The molecule has 2 aliphatic rings. The quantitative estimate of drug-likeness (QED) is 0.210. The Hall–Kier alpha value is 0.511. The Morgan fingerprint density at radius 1 is 0.844 bits per heavy atom. The molecule has 0 unspecified atom stereocenters. The van der Waals surface area contributed by atoms with E-state index < -0.39 is 50.7 Å². The first-order valence-corrected chi connectivity index (χ1v) is 34.6. The SMILES string of the molecule is CCB(CC)C1=C([Si](C)(C)C)[Si](C)(C)[C]2=C1C(CC)=[C]([Si](C)(C)C#C[Si](C)(C)C)[Sn]2([CH3])[CH3]. The van der Waals surface area contributed by atoms with Gasteiger partial charge in [-0.3, -0.25) is 0 Å². The third kappa shape index (κ3) is 4.92. The molecule has 0 aromatic rings. The van der Waals surface area contributed by atoms with E-state index >= 15 is 0 Å². The summed E-state index contributed by atoms with van der Waals surface area (Å²) in [5, 5.41) is 0. The predicted octanol–water partition coefficient (Wildman–Crippen LogP) is 8.51. The Kier molecular flexibility index (Phi) is 8.25. The Bertz CT molecular complexity index is 937. The minimum absolute atomic E-state index is 0.747. The van der Waals surface area contributed by atoms with E-state index in [2.05, 4.69) is 110 Å². The van der Waals surface area contributed by atoms with Gasteiger partial charge in [-0.1, -0.05) is 0 Å². The molecule has 0 fully saturated rings. The van der Waals surface area contributed by atoms with Crippen molar-refractivity contribution in [1.29, 1.82) is 0 Å². The van der Waals surface area contributed by atoms with E-state index in [1.165, 1.54) is 19.1 Å². The van der Waals surface area contributed by atoms with Gasteiger partial charge in [0.1, 0.15) is 0 Å². The summed E-state index contributed by atoms with van der Waals surface area (Å²) >= 11 is -2.67. The van der Waals surface area contributed by atoms with Gasteiger partial charge < -0.3 is 0 Å². The summed E-state index contributed by atoms with van der Waals surface area (Å²) < 4.78 is 4.08. The molecule has 0 aromatic carbocycles. The minimum atomic E-state index is -2.67. The van der Waals surface area contributed by atoms with Gasteiger partial charge in [-0.2, -0.15) is 0 Å². The van der Waals surface area contributed by atoms with Crippen LogP contribution in [-0.4, -0.2) is 57.4 Å². The predicted molar refractivity (Wildman–Crippen MR) is 165 cm³/mol. The van der Waals surface area contributed by atoms with Crippen LogP contribution in [0.1, 0.15) is 27.2 Å². The average molecular weight is 606 g/mol. The summed E-state index contributed by atoms with van der Waals surface area (Å²) in [5.41, 5.74) is 13.4. The molecule has 0 saturated heterocycles. The van der Waals surface area contributed by atoms with Crippen molar-refractivity contribution in [1.82, 2.24) is 0 Å². The Labute approximate surface area is 210 Å². The number of allylic oxidation sites excluding steroid dienone is 3. The fourth-order valence-electron chi connectivity index (χ4n) is 7.43. The van der Waals surface area contributed by atoms with Crippen LogP contribution in [0.2, 0.25) is 88.0 Å². The van der Waals surface area contributed by atoms with Gasteiger partial charge in [0.15, 0.2) is 0 Å². The van der Waals surface area contributed by atoms with Gasteiger partial charge in [-0.15, -0.1) is 0 Å². The van der Waals surface area contributed by atoms with Crippen molar-refractivity contribution in [2.45, 2.75) is 115 Å². The summed E-state index contributed by atoms with van der Waals surface area (Å²) in [6.07, 6.45) is 3.80. The van der Waals surface area contributed by atoms with Crippen molar-refractivity contribution >= 4 is 57.4 Å². The molecule has 2 heterocycles. The zero-order valence-corrected chi connectivity index (χ0v) is 31.1. The van der Waals surface area contributed by atoms with E-state index in [-0.39, 0.29) is 0 Å². The molecular formula is C26H51BSi4Sn. The first kappa shape index (κ1) is 28.7. The molecule has 0 spiro atoms. The Balaban J connectivity index is 2.97. The molecular weight excluding hydrogens is 554 g/mol. The number of hydrogen-bond donors (Lipinski definition) is 0. The summed E-state index contributed by atoms with van der Waals surface area (Å²) in [6, 6.07) is 0. The van der Waals surface area contributed by atoms with E-state index in [0.29, 0.717) is 0 Å². The van der Waals surface area contributed by atoms with Crippen molar-refractivity contribution in [2.24, 2.45) is 0 Å². The topological polar surface area (TPSA) is 0 Å². The standard InChI is InChI=1S/C24H45BSi4.2CH3.Sn/c1-14-21(19-28(10,11)18-17-26(4,5)6)22-20-29(12,13)24(27(7,8)9)23(22)25(15-2)16-3;;;/h14-16H2,1-13H3;2*1H3;. The van der Waals surface area contributed by atoms with Crippen molar-refractivity contribution < 1.29 is 0 Å². The van der Waals surface area contributed by atoms with Gasteiger partial charge in [0, 0.05) is 0 Å².